The summed E-state index contributed by atoms with van der Waals surface area (Å²) >= 11 is 16.6. The predicted octanol–water partition coefficient (Wildman–Crippen LogP) is 7.12. The second-order valence-corrected chi connectivity index (χ2v) is 10.1. The van der Waals surface area contributed by atoms with Crippen molar-refractivity contribution in [2.24, 2.45) is 5.92 Å². The molecule has 3 rings (SSSR count). The quantitative estimate of drug-likeness (QED) is 0.378. The molecule has 0 bridgehead atoms. The van der Waals surface area contributed by atoms with Crippen molar-refractivity contribution in [3.63, 3.8) is 0 Å². The number of rotatable bonds is 9. The van der Waals surface area contributed by atoms with Crippen LogP contribution in [0.15, 0.2) is 34.9 Å². The number of hydrogen-bond acceptors (Lipinski definition) is 3. The van der Waals surface area contributed by atoms with Crippen molar-refractivity contribution < 1.29 is 4.79 Å². The molecule has 0 radical (unpaired) electrons. The zero-order valence-electron chi connectivity index (χ0n) is 18.0. The molecule has 0 saturated heterocycles. The van der Waals surface area contributed by atoms with Gasteiger partial charge >= 0.3 is 0 Å². The fraction of sp³-hybridized carbons (Fsp3) is 0.500. The summed E-state index contributed by atoms with van der Waals surface area (Å²) in [5.41, 5.74) is 2.24. The topological polar surface area (TPSA) is 45.2 Å². The minimum Gasteiger partial charge on any atom is -0.326 e. The Labute approximate surface area is 203 Å². The van der Waals surface area contributed by atoms with E-state index in [1.807, 2.05) is 12.1 Å². The van der Waals surface area contributed by atoms with Crippen molar-refractivity contribution in [3.05, 3.63) is 56.2 Å². The number of anilines is 1. The number of halogens is 3. The van der Waals surface area contributed by atoms with E-state index in [4.69, 9.17) is 23.2 Å². The van der Waals surface area contributed by atoms with Gasteiger partial charge in [0.15, 0.2) is 0 Å². The Balaban J connectivity index is 1.63. The highest BCUT2D eigenvalue weighted by Gasteiger charge is 2.19. The first kappa shape index (κ1) is 24.5. The molecule has 1 aromatic heterocycles. The molecule has 1 fully saturated rings. The van der Waals surface area contributed by atoms with Gasteiger partial charge in [-0.2, -0.15) is 0 Å². The molecular weight excluding hydrogens is 497 g/mol. The van der Waals surface area contributed by atoms with Crippen LogP contribution in [-0.2, 0) is 17.8 Å². The minimum absolute atomic E-state index is 0.153. The van der Waals surface area contributed by atoms with Gasteiger partial charge in [0.25, 0.3) is 0 Å². The highest BCUT2D eigenvalue weighted by Crippen LogP contribution is 2.32. The SMILES string of the molecule is CCCN(Cc1c(Cl)cc(NC(=O)Cc2ccc(Br)cn2)cc1Cl)CC1CCCCC1. The van der Waals surface area contributed by atoms with Crippen molar-refractivity contribution in [2.45, 2.75) is 58.4 Å². The first-order valence-corrected chi connectivity index (χ1v) is 12.6. The van der Waals surface area contributed by atoms with E-state index in [1.54, 1.807) is 18.3 Å². The van der Waals surface area contributed by atoms with Crippen molar-refractivity contribution in [1.82, 2.24) is 9.88 Å². The summed E-state index contributed by atoms with van der Waals surface area (Å²) in [6, 6.07) is 7.27. The zero-order valence-corrected chi connectivity index (χ0v) is 21.1. The number of aromatic nitrogens is 1. The van der Waals surface area contributed by atoms with E-state index in [0.717, 1.165) is 42.0 Å². The monoisotopic (exact) mass is 525 g/mol. The van der Waals surface area contributed by atoms with Gasteiger partial charge in [-0.1, -0.05) is 49.4 Å². The molecule has 2 aromatic rings. The first-order valence-electron chi connectivity index (χ1n) is 11.0. The van der Waals surface area contributed by atoms with Crippen molar-refractivity contribution in [2.75, 3.05) is 18.4 Å². The average Bonchev–Trinajstić information content (AvgIpc) is 2.73. The van der Waals surface area contributed by atoms with Crippen LogP contribution in [-0.4, -0.2) is 28.9 Å². The number of amides is 1. The molecule has 1 amide bonds. The van der Waals surface area contributed by atoms with E-state index in [2.05, 4.69) is 38.1 Å². The zero-order chi connectivity index (χ0) is 22.2. The Morgan fingerprint density at radius 1 is 1.19 bits per heavy atom. The predicted molar refractivity (Wildman–Crippen MR) is 133 cm³/mol. The van der Waals surface area contributed by atoms with Crippen LogP contribution in [0.25, 0.3) is 0 Å². The molecular formula is C24H30BrCl2N3O. The lowest BCUT2D eigenvalue weighted by Crippen LogP contribution is -2.31. The molecule has 1 N–H and O–H groups in total. The highest BCUT2D eigenvalue weighted by molar-refractivity contribution is 9.10. The molecule has 4 nitrogen and oxygen atoms in total. The van der Waals surface area contributed by atoms with Crippen LogP contribution in [0, 0.1) is 5.92 Å². The number of carbonyl (C=O) groups is 1. The first-order chi connectivity index (χ1) is 14.9. The molecule has 1 aliphatic carbocycles. The number of carbonyl (C=O) groups excluding carboxylic acids is 1. The second kappa shape index (κ2) is 12.2. The average molecular weight is 527 g/mol. The van der Waals surface area contributed by atoms with Gasteiger partial charge in [-0.25, -0.2) is 0 Å². The Kier molecular flexibility index (Phi) is 9.64. The van der Waals surface area contributed by atoms with Gasteiger partial charge in [-0.05, 0) is 71.9 Å². The third-order valence-corrected chi connectivity index (χ3v) is 6.86. The summed E-state index contributed by atoms with van der Waals surface area (Å²) < 4.78 is 0.881. The van der Waals surface area contributed by atoms with Gasteiger partial charge in [0.05, 0.1) is 6.42 Å². The third-order valence-electron chi connectivity index (χ3n) is 5.72. The smallest absolute Gasteiger partial charge is 0.230 e. The Bertz CT molecular complexity index is 847. The lowest BCUT2D eigenvalue weighted by molar-refractivity contribution is -0.115. The lowest BCUT2D eigenvalue weighted by atomic mass is 9.89. The number of nitrogens with zero attached hydrogens (tertiary/aromatic N) is 2. The normalized spacial score (nSPS) is 14.7. The van der Waals surface area contributed by atoms with Crippen molar-refractivity contribution in [3.8, 4) is 0 Å². The summed E-state index contributed by atoms with van der Waals surface area (Å²) in [6.45, 7) is 5.07. The molecule has 1 aromatic carbocycles. The molecule has 1 aliphatic rings. The van der Waals surface area contributed by atoms with Gasteiger partial charge in [0.2, 0.25) is 5.91 Å². The van der Waals surface area contributed by atoms with Gasteiger partial charge in [0.1, 0.15) is 0 Å². The van der Waals surface area contributed by atoms with Crippen LogP contribution < -0.4 is 5.32 Å². The Hall–Kier alpha value is -1.14. The molecule has 168 valence electrons. The lowest BCUT2D eigenvalue weighted by Gasteiger charge is -2.30. The Morgan fingerprint density at radius 3 is 2.52 bits per heavy atom. The largest absolute Gasteiger partial charge is 0.326 e. The van der Waals surface area contributed by atoms with Gasteiger partial charge in [0, 0.05) is 50.7 Å². The van der Waals surface area contributed by atoms with Crippen LogP contribution in [0.3, 0.4) is 0 Å². The van der Waals surface area contributed by atoms with Crippen LogP contribution in [0.5, 0.6) is 0 Å². The summed E-state index contributed by atoms with van der Waals surface area (Å²) in [7, 11) is 0. The summed E-state index contributed by atoms with van der Waals surface area (Å²) in [5, 5.41) is 4.07. The minimum atomic E-state index is -0.153. The van der Waals surface area contributed by atoms with E-state index in [9.17, 15) is 4.79 Å². The molecule has 1 heterocycles. The van der Waals surface area contributed by atoms with E-state index >= 15 is 0 Å². The number of hydrogen-bond donors (Lipinski definition) is 1. The standard InChI is InChI=1S/C24H30BrCl2N3O/c1-2-10-30(15-17-6-4-3-5-7-17)16-21-22(26)11-20(12-23(21)27)29-24(31)13-19-9-8-18(25)14-28-19/h8-9,11-12,14,17H,2-7,10,13,15-16H2,1H3,(H,29,31). The fourth-order valence-corrected chi connectivity index (χ4v) is 5.06. The van der Waals surface area contributed by atoms with Crippen LogP contribution >= 0.6 is 39.1 Å². The second-order valence-electron chi connectivity index (χ2n) is 8.35. The molecule has 1 saturated carbocycles. The van der Waals surface area contributed by atoms with Gasteiger partial charge in [-0.3, -0.25) is 14.7 Å². The molecule has 0 aliphatic heterocycles. The molecule has 0 unspecified atom stereocenters. The maximum Gasteiger partial charge on any atom is 0.230 e. The molecule has 7 heteroatoms. The van der Waals surface area contributed by atoms with Crippen LogP contribution in [0.2, 0.25) is 10.0 Å². The highest BCUT2D eigenvalue weighted by atomic mass is 79.9. The van der Waals surface area contributed by atoms with Crippen molar-refractivity contribution >= 4 is 50.7 Å². The summed E-state index contributed by atoms with van der Waals surface area (Å²) in [4.78, 5) is 19.1. The van der Waals surface area contributed by atoms with E-state index in [0.29, 0.717) is 21.4 Å². The van der Waals surface area contributed by atoms with Crippen LogP contribution in [0.4, 0.5) is 5.69 Å². The Morgan fingerprint density at radius 2 is 1.90 bits per heavy atom. The van der Waals surface area contributed by atoms with Crippen molar-refractivity contribution in [1.29, 1.82) is 0 Å². The van der Waals surface area contributed by atoms with E-state index in [1.165, 1.54) is 32.1 Å². The maximum atomic E-state index is 12.4. The summed E-state index contributed by atoms with van der Waals surface area (Å²) in [5.74, 6) is 0.614. The molecule has 0 atom stereocenters. The van der Waals surface area contributed by atoms with Crippen LogP contribution in [0.1, 0.15) is 56.7 Å². The molecule has 0 spiro atoms. The summed E-state index contributed by atoms with van der Waals surface area (Å²) in [6.07, 6.45) is 9.66. The van der Waals surface area contributed by atoms with E-state index < -0.39 is 0 Å². The number of nitrogens with one attached hydrogen (secondary N) is 1. The third kappa shape index (κ3) is 7.74. The number of pyridine rings is 1. The molecule has 31 heavy (non-hydrogen) atoms. The number of benzene rings is 1. The van der Waals surface area contributed by atoms with Gasteiger partial charge < -0.3 is 5.32 Å². The van der Waals surface area contributed by atoms with Gasteiger partial charge in [-0.15, -0.1) is 0 Å². The maximum absolute atomic E-state index is 12.4. The van der Waals surface area contributed by atoms with E-state index in [-0.39, 0.29) is 12.3 Å². The fourth-order valence-electron chi connectivity index (χ4n) is 4.22.